The highest BCUT2D eigenvalue weighted by Gasteiger charge is 2.48. The van der Waals surface area contributed by atoms with Crippen molar-refractivity contribution in [1.82, 2.24) is 34.5 Å². The highest BCUT2D eigenvalue weighted by molar-refractivity contribution is 5.90. The van der Waals surface area contributed by atoms with Crippen molar-refractivity contribution >= 4 is 12.1 Å². The van der Waals surface area contributed by atoms with E-state index in [9.17, 15) is 28.3 Å². The number of likely N-dealkylation sites (tertiary alicyclic amines) is 2. The van der Waals surface area contributed by atoms with Gasteiger partial charge in [0.05, 0.1) is 36.0 Å². The Morgan fingerprint density at radius 2 is 1.96 bits per heavy atom. The second-order valence-corrected chi connectivity index (χ2v) is 12.2. The Balaban J connectivity index is 1.08. The van der Waals surface area contributed by atoms with Crippen LogP contribution in [0.2, 0.25) is 0 Å². The predicted molar refractivity (Wildman–Crippen MR) is 155 cm³/mol. The van der Waals surface area contributed by atoms with Crippen LogP contribution in [0.4, 0.5) is 19.0 Å². The Kier molecular flexibility index (Phi) is 8.47. The second-order valence-electron chi connectivity index (χ2n) is 12.2. The highest BCUT2D eigenvalue weighted by atomic mass is 19.4. The molecule has 3 aliphatic rings. The maximum atomic E-state index is 13.6. The molecule has 2 aliphatic heterocycles. The molecular formula is C30H34F3N9O3. The van der Waals surface area contributed by atoms with Crippen LogP contribution >= 0.6 is 0 Å². The zero-order chi connectivity index (χ0) is 31.8. The van der Waals surface area contributed by atoms with E-state index in [0.717, 1.165) is 18.9 Å². The third kappa shape index (κ3) is 6.49. The number of rotatable bonds is 9. The lowest BCUT2D eigenvalue weighted by Crippen LogP contribution is -2.65. The Hall–Kier alpha value is -4.13. The summed E-state index contributed by atoms with van der Waals surface area (Å²) in [5.74, 6) is 0.0497. The summed E-state index contributed by atoms with van der Waals surface area (Å²) in [7, 11) is 0. The molecule has 238 valence electrons. The van der Waals surface area contributed by atoms with Crippen molar-refractivity contribution in [3.8, 4) is 23.2 Å². The van der Waals surface area contributed by atoms with E-state index in [0.29, 0.717) is 68.5 Å². The molecular weight excluding hydrogens is 591 g/mol. The van der Waals surface area contributed by atoms with Crippen LogP contribution in [0.15, 0.2) is 30.9 Å². The molecule has 15 heteroatoms. The van der Waals surface area contributed by atoms with E-state index in [1.165, 1.54) is 6.33 Å². The fourth-order valence-electron chi connectivity index (χ4n) is 6.68. The van der Waals surface area contributed by atoms with Gasteiger partial charge in [-0.2, -0.15) is 23.5 Å². The summed E-state index contributed by atoms with van der Waals surface area (Å²) < 4.78 is 48.7. The standard InChI is InChI=1S/C30H34F3N9O3/c31-30(32,33)25-9-19(12-40-8-5-22(44)14-40)10-26(39-25)45-23-3-1-21(2-4-23)41-16-29(17-41,6-7-34)42-13-20(11-38-42)27-24(15-43)28(35)37-18-36-27/h9-11,13,15,18,21-23,44H,1-6,8,12,14,16-17H2,(H2,35,36,37)/t21-,22-,23+/m0/s1. The van der Waals surface area contributed by atoms with Crippen LogP contribution in [0.1, 0.15) is 60.1 Å². The third-order valence-electron chi connectivity index (χ3n) is 9.03. The zero-order valence-electron chi connectivity index (χ0n) is 24.5. The van der Waals surface area contributed by atoms with Gasteiger partial charge >= 0.3 is 6.18 Å². The fourth-order valence-corrected chi connectivity index (χ4v) is 6.68. The summed E-state index contributed by atoms with van der Waals surface area (Å²) in [5, 5.41) is 23.9. The smallest absolute Gasteiger partial charge is 0.433 e. The van der Waals surface area contributed by atoms with Gasteiger partial charge in [-0.1, -0.05) is 0 Å². The maximum absolute atomic E-state index is 13.6. The van der Waals surface area contributed by atoms with E-state index in [2.05, 4.69) is 31.0 Å². The topological polar surface area (TPSA) is 159 Å². The van der Waals surface area contributed by atoms with Gasteiger partial charge in [0.15, 0.2) is 6.29 Å². The zero-order valence-corrected chi connectivity index (χ0v) is 24.5. The van der Waals surface area contributed by atoms with Crippen LogP contribution < -0.4 is 10.5 Å². The highest BCUT2D eigenvalue weighted by Crippen LogP contribution is 2.39. The van der Waals surface area contributed by atoms with Crippen molar-refractivity contribution < 1.29 is 27.8 Å². The Labute approximate surface area is 257 Å². The molecule has 0 unspecified atom stereocenters. The Bertz CT molecular complexity index is 1580. The predicted octanol–water partition coefficient (Wildman–Crippen LogP) is 3.03. The number of aldehydes is 1. The summed E-state index contributed by atoms with van der Waals surface area (Å²) in [6.45, 7) is 2.54. The number of carbonyl (C=O) groups is 1. The monoisotopic (exact) mass is 625 g/mol. The number of hydrogen-bond donors (Lipinski definition) is 2. The average molecular weight is 626 g/mol. The van der Waals surface area contributed by atoms with Gasteiger partial charge in [-0.15, -0.1) is 0 Å². The number of carbonyl (C=O) groups excluding carboxylic acids is 1. The van der Waals surface area contributed by atoms with Crippen LogP contribution in [0, 0.1) is 11.3 Å². The van der Waals surface area contributed by atoms with Gasteiger partial charge in [0, 0.05) is 56.6 Å². The van der Waals surface area contributed by atoms with Gasteiger partial charge in [0.1, 0.15) is 29.5 Å². The number of aliphatic hydroxyl groups is 1. The first-order valence-electron chi connectivity index (χ1n) is 14.9. The van der Waals surface area contributed by atoms with E-state index in [1.807, 2.05) is 4.90 Å². The Morgan fingerprint density at radius 3 is 2.62 bits per heavy atom. The number of nitrogens with zero attached hydrogens (tertiary/aromatic N) is 8. The minimum atomic E-state index is -4.60. The van der Waals surface area contributed by atoms with Gasteiger partial charge in [0.2, 0.25) is 5.88 Å². The van der Waals surface area contributed by atoms with Crippen molar-refractivity contribution in [2.45, 2.75) is 75.0 Å². The van der Waals surface area contributed by atoms with Crippen molar-refractivity contribution in [2.24, 2.45) is 0 Å². The molecule has 3 aromatic heterocycles. The first-order chi connectivity index (χ1) is 21.6. The number of β-amino-alcohol motifs (C(OH)–C–C–N with tert-alkyl or cyclic N) is 1. The summed E-state index contributed by atoms with van der Waals surface area (Å²) in [6.07, 6.45) is 3.69. The van der Waals surface area contributed by atoms with Crippen molar-refractivity contribution in [3.63, 3.8) is 0 Å². The lowest BCUT2D eigenvalue weighted by Gasteiger charge is -2.53. The van der Waals surface area contributed by atoms with Crippen LogP contribution in [0.3, 0.4) is 0 Å². The van der Waals surface area contributed by atoms with Gasteiger partial charge in [-0.25, -0.2) is 15.0 Å². The molecule has 3 N–H and O–H groups in total. The minimum Gasteiger partial charge on any atom is -0.474 e. The number of nitrogen functional groups attached to an aromatic ring is 1. The van der Waals surface area contributed by atoms with Crippen LogP contribution in [0.25, 0.3) is 11.3 Å². The molecule has 0 aromatic carbocycles. The molecule has 0 radical (unpaired) electrons. The number of hydrogen-bond acceptors (Lipinski definition) is 11. The van der Waals surface area contributed by atoms with Gasteiger partial charge in [0.25, 0.3) is 0 Å². The number of ether oxygens (including phenoxy) is 1. The van der Waals surface area contributed by atoms with E-state index in [4.69, 9.17) is 10.5 Å². The van der Waals surface area contributed by atoms with Crippen LogP contribution in [0.5, 0.6) is 5.88 Å². The van der Waals surface area contributed by atoms with Crippen LogP contribution in [-0.2, 0) is 18.3 Å². The molecule has 12 nitrogen and oxygen atoms in total. The van der Waals surface area contributed by atoms with Gasteiger partial charge in [-0.05, 0) is 43.7 Å². The van der Waals surface area contributed by atoms with Crippen molar-refractivity contribution in [1.29, 1.82) is 5.26 Å². The van der Waals surface area contributed by atoms with Crippen molar-refractivity contribution in [2.75, 3.05) is 31.9 Å². The number of aliphatic hydroxyl groups excluding tert-OH is 1. The molecule has 2 saturated heterocycles. The number of halogens is 3. The fraction of sp³-hybridized carbons (Fsp3) is 0.533. The quantitative estimate of drug-likeness (QED) is 0.337. The second kappa shape index (κ2) is 12.3. The van der Waals surface area contributed by atoms with Gasteiger partial charge in [-0.3, -0.25) is 19.3 Å². The summed E-state index contributed by atoms with van der Waals surface area (Å²) in [4.78, 5) is 27.7. The SMILES string of the molecule is N#CCC1(n2cc(-c3ncnc(N)c3C=O)cn2)CN([C@H]2CC[C@@H](Oc3cc(CN4CC[C@H](O)C4)cc(C(F)(F)F)n3)CC2)C1. The largest absolute Gasteiger partial charge is 0.474 e. The summed E-state index contributed by atoms with van der Waals surface area (Å²) >= 11 is 0. The first-order valence-corrected chi connectivity index (χ1v) is 14.9. The van der Waals surface area contributed by atoms with E-state index in [1.54, 1.807) is 23.1 Å². The lowest BCUT2D eigenvalue weighted by atomic mass is 9.82. The minimum absolute atomic E-state index is 0.0299. The summed E-state index contributed by atoms with van der Waals surface area (Å²) in [6, 6.07) is 5.15. The molecule has 1 saturated carbocycles. The molecule has 0 bridgehead atoms. The number of nitriles is 1. The van der Waals surface area contributed by atoms with Crippen LogP contribution in [-0.4, -0.2) is 90.4 Å². The maximum Gasteiger partial charge on any atom is 0.433 e. The molecule has 0 amide bonds. The molecule has 1 atom stereocenters. The molecule has 1 aliphatic carbocycles. The first kappa shape index (κ1) is 30.9. The number of anilines is 1. The van der Waals surface area contributed by atoms with E-state index in [-0.39, 0.29) is 42.4 Å². The number of pyridine rings is 1. The number of nitrogens with two attached hydrogens (primary N) is 1. The van der Waals surface area contributed by atoms with Gasteiger partial charge < -0.3 is 15.6 Å². The lowest BCUT2D eigenvalue weighted by molar-refractivity contribution is -0.141. The van der Waals surface area contributed by atoms with E-state index >= 15 is 0 Å². The molecule has 3 aromatic rings. The average Bonchev–Trinajstić information content (AvgIpc) is 3.64. The molecule has 3 fully saturated rings. The number of aromatic nitrogens is 5. The normalized spacial score (nSPS) is 23.8. The molecule has 5 heterocycles. The van der Waals surface area contributed by atoms with Crippen molar-refractivity contribution in [3.05, 3.63) is 47.7 Å². The molecule has 6 rings (SSSR count). The number of alkyl halides is 3. The molecule has 45 heavy (non-hydrogen) atoms. The molecule has 0 spiro atoms. The summed E-state index contributed by atoms with van der Waals surface area (Å²) in [5.41, 5.74) is 5.94. The Morgan fingerprint density at radius 1 is 1.18 bits per heavy atom. The third-order valence-corrected chi connectivity index (χ3v) is 9.03. The van der Waals surface area contributed by atoms with E-state index < -0.39 is 23.5 Å².